The number of hydrogen-bond acceptors (Lipinski definition) is 4. The number of amides is 2. The molecule has 106 valence electrons. The SMILES string of the molecule is Cc1ccnc(NC(=O)c2ccc3c(c2)NC(=O)CO3)c1. The molecule has 0 bridgehead atoms. The van der Waals surface area contributed by atoms with Crippen LogP contribution in [0.2, 0.25) is 0 Å². The van der Waals surface area contributed by atoms with Crippen LogP contribution in [0.25, 0.3) is 0 Å². The minimum absolute atomic E-state index is 0.00818. The van der Waals surface area contributed by atoms with E-state index >= 15 is 0 Å². The van der Waals surface area contributed by atoms with Crippen molar-refractivity contribution in [1.29, 1.82) is 0 Å². The Morgan fingerprint density at radius 2 is 2.19 bits per heavy atom. The molecule has 0 atom stereocenters. The second-order valence-electron chi connectivity index (χ2n) is 4.72. The Balaban J connectivity index is 1.82. The molecule has 0 aliphatic carbocycles. The quantitative estimate of drug-likeness (QED) is 0.883. The zero-order chi connectivity index (χ0) is 14.8. The van der Waals surface area contributed by atoms with Crippen molar-refractivity contribution in [3.8, 4) is 5.75 Å². The van der Waals surface area contributed by atoms with E-state index in [0.29, 0.717) is 22.8 Å². The van der Waals surface area contributed by atoms with Gasteiger partial charge in [0.2, 0.25) is 0 Å². The summed E-state index contributed by atoms with van der Waals surface area (Å²) in [6, 6.07) is 8.51. The molecule has 2 amide bonds. The summed E-state index contributed by atoms with van der Waals surface area (Å²) in [5.74, 6) is 0.508. The topological polar surface area (TPSA) is 80.3 Å². The summed E-state index contributed by atoms with van der Waals surface area (Å²) in [6.45, 7) is 1.91. The van der Waals surface area contributed by atoms with Crippen molar-refractivity contribution >= 4 is 23.3 Å². The number of carbonyl (C=O) groups excluding carboxylic acids is 2. The molecule has 1 aliphatic rings. The largest absolute Gasteiger partial charge is 0.482 e. The zero-order valence-electron chi connectivity index (χ0n) is 11.3. The number of benzene rings is 1. The number of fused-ring (bicyclic) bond motifs is 1. The summed E-state index contributed by atoms with van der Waals surface area (Å²) in [4.78, 5) is 27.6. The summed E-state index contributed by atoms with van der Waals surface area (Å²) in [6.07, 6.45) is 1.63. The van der Waals surface area contributed by atoms with E-state index in [1.54, 1.807) is 30.5 Å². The average molecular weight is 283 g/mol. The predicted octanol–water partition coefficient (Wildman–Crippen LogP) is 1.97. The third-order valence-electron chi connectivity index (χ3n) is 3.03. The number of aryl methyl sites for hydroxylation is 1. The minimum atomic E-state index is -0.296. The number of aromatic nitrogens is 1. The summed E-state index contributed by atoms with van der Waals surface area (Å²) >= 11 is 0. The van der Waals surface area contributed by atoms with Crippen LogP contribution in [0, 0.1) is 6.92 Å². The van der Waals surface area contributed by atoms with Crippen molar-refractivity contribution in [2.75, 3.05) is 17.2 Å². The highest BCUT2D eigenvalue weighted by atomic mass is 16.5. The van der Waals surface area contributed by atoms with Gasteiger partial charge >= 0.3 is 0 Å². The van der Waals surface area contributed by atoms with E-state index in [2.05, 4.69) is 15.6 Å². The fourth-order valence-electron chi connectivity index (χ4n) is 2.02. The first kappa shape index (κ1) is 13.1. The Morgan fingerprint density at radius 3 is 3.00 bits per heavy atom. The molecule has 0 radical (unpaired) electrons. The Hall–Kier alpha value is -2.89. The highest BCUT2D eigenvalue weighted by Gasteiger charge is 2.18. The van der Waals surface area contributed by atoms with Crippen LogP contribution in [0.15, 0.2) is 36.5 Å². The fraction of sp³-hybridized carbons (Fsp3) is 0.133. The Morgan fingerprint density at radius 1 is 1.33 bits per heavy atom. The van der Waals surface area contributed by atoms with Gasteiger partial charge in [-0.15, -0.1) is 0 Å². The molecular formula is C15H13N3O3. The van der Waals surface area contributed by atoms with Gasteiger partial charge in [0.15, 0.2) is 6.61 Å². The molecule has 0 unspecified atom stereocenters. The normalized spacial score (nSPS) is 12.9. The lowest BCUT2D eigenvalue weighted by molar-refractivity contribution is -0.118. The minimum Gasteiger partial charge on any atom is -0.482 e. The highest BCUT2D eigenvalue weighted by molar-refractivity contribution is 6.05. The monoisotopic (exact) mass is 283 g/mol. The van der Waals surface area contributed by atoms with Crippen LogP contribution in [0.3, 0.4) is 0 Å². The van der Waals surface area contributed by atoms with Gasteiger partial charge in [-0.3, -0.25) is 9.59 Å². The smallest absolute Gasteiger partial charge is 0.262 e. The molecule has 2 N–H and O–H groups in total. The van der Waals surface area contributed by atoms with Gasteiger partial charge in [-0.05, 0) is 42.8 Å². The number of ether oxygens (including phenoxy) is 1. The summed E-state index contributed by atoms with van der Waals surface area (Å²) in [7, 11) is 0. The number of carbonyl (C=O) groups is 2. The van der Waals surface area contributed by atoms with E-state index in [1.807, 2.05) is 13.0 Å². The van der Waals surface area contributed by atoms with Gasteiger partial charge in [-0.1, -0.05) is 0 Å². The van der Waals surface area contributed by atoms with Crippen LogP contribution < -0.4 is 15.4 Å². The van der Waals surface area contributed by atoms with Crippen molar-refractivity contribution in [2.24, 2.45) is 0 Å². The molecule has 0 spiro atoms. The van der Waals surface area contributed by atoms with Crippen LogP contribution >= 0.6 is 0 Å². The number of hydrogen-bond donors (Lipinski definition) is 2. The molecule has 0 fully saturated rings. The Kier molecular flexibility index (Phi) is 3.27. The van der Waals surface area contributed by atoms with E-state index in [0.717, 1.165) is 5.56 Å². The first-order chi connectivity index (χ1) is 10.1. The van der Waals surface area contributed by atoms with E-state index in [-0.39, 0.29) is 18.4 Å². The number of nitrogens with zero attached hydrogens (tertiary/aromatic N) is 1. The maximum Gasteiger partial charge on any atom is 0.262 e. The standard InChI is InChI=1S/C15H13N3O3/c1-9-4-5-16-13(6-9)18-15(20)10-2-3-12-11(7-10)17-14(19)8-21-12/h2-7H,8H2,1H3,(H,17,19)(H,16,18,20). The molecule has 6 heteroatoms. The van der Waals surface area contributed by atoms with E-state index < -0.39 is 0 Å². The van der Waals surface area contributed by atoms with Gasteiger partial charge in [0.1, 0.15) is 11.6 Å². The number of nitrogens with one attached hydrogen (secondary N) is 2. The van der Waals surface area contributed by atoms with Gasteiger partial charge in [0.05, 0.1) is 5.69 Å². The van der Waals surface area contributed by atoms with Crippen LogP contribution in [0.5, 0.6) is 5.75 Å². The van der Waals surface area contributed by atoms with Crippen molar-refractivity contribution < 1.29 is 14.3 Å². The maximum absolute atomic E-state index is 12.2. The van der Waals surface area contributed by atoms with E-state index in [9.17, 15) is 9.59 Å². The van der Waals surface area contributed by atoms with Crippen LogP contribution in [0.1, 0.15) is 15.9 Å². The molecule has 1 aromatic carbocycles. The average Bonchev–Trinajstić information content (AvgIpc) is 2.46. The van der Waals surface area contributed by atoms with Crippen LogP contribution in [0.4, 0.5) is 11.5 Å². The molecular weight excluding hydrogens is 270 g/mol. The fourth-order valence-corrected chi connectivity index (χ4v) is 2.02. The Labute approximate surface area is 121 Å². The number of rotatable bonds is 2. The molecule has 6 nitrogen and oxygen atoms in total. The number of pyridine rings is 1. The Bertz CT molecular complexity index is 728. The summed E-state index contributed by atoms with van der Waals surface area (Å²) < 4.78 is 5.25. The second kappa shape index (κ2) is 5.24. The third-order valence-corrected chi connectivity index (χ3v) is 3.03. The first-order valence-electron chi connectivity index (χ1n) is 6.42. The lowest BCUT2D eigenvalue weighted by atomic mass is 10.1. The zero-order valence-corrected chi connectivity index (χ0v) is 11.3. The molecule has 3 rings (SSSR count). The molecule has 0 saturated heterocycles. The van der Waals surface area contributed by atoms with Crippen molar-refractivity contribution in [3.05, 3.63) is 47.7 Å². The second-order valence-corrected chi connectivity index (χ2v) is 4.72. The first-order valence-corrected chi connectivity index (χ1v) is 6.42. The lowest BCUT2D eigenvalue weighted by Crippen LogP contribution is -2.25. The molecule has 2 aromatic rings. The van der Waals surface area contributed by atoms with Crippen molar-refractivity contribution in [1.82, 2.24) is 4.98 Å². The maximum atomic E-state index is 12.2. The molecule has 1 aliphatic heterocycles. The predicted molar refractivity (Wildman–Crippen MR) is 77.5 cm³/mol. The van der Waals surface area contributed by atoms with Gasteiger partial charge in [-0.25, -0.2) is 4.98 Å². The van der Waals surface area contributed by atoms with Gasteiger partial charge in [0, 0.05) is 11.8 Å². The van der Waals surface area contributed by atoms with Crippen molar-refractivity contribution in [3.63, 3.8) is 0 Å². The summed E-state index contributed by atoms with van der Waals surface area (Å²) in [5.41, 5.74) is 1.92. The van der Waals surface area contributed by atoms with Crippen molar-refractivity contribution in [2.45, 2.75) is 6.92 Å². The van der Waals surface area contributed by atoms with E-state index in [4.69, 9.17) is 4.74 Å². The van der Waals surface area contributed by atoms with Gasteiger partial charge in [-0.2, -0.15) is 0 Å². The van der Waals surface area contributed by atoms with Gasteiger partial charge < -0.3 is 15.4 Å². The molecule has 0 saturated carbocycles. The molecule has 1 aromatic heterocycles. The number of anilines is 2. The lowest BCUT2D eigenvalue weighted by Gasteiger charge is -2.18. The third kappa shape index (κ3) is 2.84. The van der Waals surface area contributed by atoms with Crippen LogP contribution in [-0.4, -0.2) is 23.4 Å². The van der Waals surface area contributed by atoms with E-state index in [1.165, 1.54) is 0 Å². The molecule has 21 heavy (non-hydrogen) atoms. The highest BCUT2D eigenvalue weighted by Crippen LogP contribution is 2.28. The molecule has 2 heterocycles. The van der Waals surface area contributed by atoms with Gasteiger partial charge in [0.25, 0.3) is 11.8 Å². The summed E-state index contributed by atoms with van der Waals surface area (Å²) in [5, 5.41) is 5.38. The van der Waals surface area contributed by atoms with Crippen LogP contribution in [-0.2, 0) is 4.79 Å².